The van der Waals surface area contributed by atoms with Crippen molar-refractivity contribution < 1.29 is 14.3 Å². The Balaban J connectivity index is 0.00000529. The lowest BCUT2D eigenvalue weighted by atomic mass is 10.1. The Morgan fingerprint density at radius 2 is 1.96 bits per heavy atom. The van der Waals surface area contributed by atoms with E-state index in [9.17, 15) is 9.59 Å². The van der Waals surface area contributed by atoms with Gasteiger partial charge in [-0.25, -0.2) is 0 Å². The van der Waals surface area contributed by atoms with Crippen molar-refractivity contribution in [3.8, 4) is 0 Å². The van der Waals surface area contributed by atoms with Crippen LogP contribution in [0.2, 0.25) is 0 Å². The van der Waals surface area contributed by atoms with Crippen LogP contribution < -0.4 is 5.32 Å². The van der Waals surface area contributed by atoms with Crippen molar-refractivity contribution in [2.24, 2.45) is 0 Å². The van der Waals surface area contributed by atoms with Crippen LogP contribution in [0.25, 0.3) is 0 Å². The van der Waals surface area contributed by atoms with Crippen LogP contribution in [0.5, 0.6) is 0 Å². The number of halogens is 1. The molecule has 1 aliphatic rings. The molecule has 1 amide bonds. The number of amides is 1. The molecule has 0 aromatic rings. The number of hydrogen-bond acceptors (Lipinski definition) is 4. The number of rotatable bonds is 10. The highest BCUT2D eigenvalue weighted by Gasteiger charge is 2.20. The Bertz CT molecular complexity index is 450. The summed E-state index contributed by atoms with van der Waals surface area (Å²) in [5.74, 6) is -0.243. The van der Waals surface area contributed by atoms with E-state index in [1.54, 1.807) is 6.08 Å². The average molecular weight is 403 g/mol. The zero-order chi connectivity index (χ0) is 17.1. The number of hydrogen-bond donors (Lipinski definition) is 1. The van der Waals surface area contributed by atoms with Crippen LogP contribution in [0.3, 0.4) is 0 Å². The van der Waals surface area contributed by atoms with E-state index in [1.807, 2.05) is 31.0 Å². The lowest BCUT2D eigenvalue weighted by molar-refractivity contribution is -0.155. The quantitative estimate of drug-likeness (QED) is 0.446. The largest absolute Gasteiger partial charge is 0.442 e. The fraction of sp³-hybridized carbons (Fsp3) is 0.667. The molecule has 0 radical (unpaired) electrons. The number of nitrogens with one attached hydrogen (secondary N) is 1. The van der Waals surface area contributed by atoms with Crippen molar-refractivity contribution in [1.82, 2.24) is 10.2 Å². The van der Waals surface area contributed by atoms with Gasteiger partial charge in [0.05, 0.1) is 6.54 Å². The highest BCUT2D eigenvalue weighted by molar-refractivity contribution is 8.93. The number of likely N-dealkylation sites (N-methyl/N-ethyl adjacent to an activating group) is 1. The Kier molecular flexibility index (Phi) is 12.3. The molecular weight excluding hydrogens is 372 g/mol. The van der Waals surface area contributed by atoms with Crippen LogP contribution >= 0.6 is 17.0 Å². The molecule has 0 saturated carbocycles. The van der Waals surface area contributed by atoms with Crippen molar-refractivity contribution in [2.75, 3.05) is 13.1 Å². The first-order valence-electron chi connectivity index (χ1n) is 8.69. The zero-order valence-electron chi connectivity index (χ0n) is 15.0. The van der Waals surface area contributed by atoms with Gasteiger partial charge in [0.15, 0.2) is 6.23 Å². The Labute approximate surface area is 156 Å². The summed E-state index contributed by atoms with van der Waals surface area (Å²) in [4.78, 5) is 25.6. The predicted octanol–water partition coefficient (Wildman–Crippen LogP) is 3.71. The van der Waals surface area contributed by atoms with E-state index in [1.165, 1.54) is 19.3 Å². The molecule has 1 heterocycles. The molecule has 0 saturated heterocycles. The molecule has 0 fully saturated rings. The summed E-state index contributed by atoms with van der Waals surface area (Å²) in [6.45, 7) is 6.95. The summed E-state index contributed by atoms with van der Waals surface area (Å²) in [6, 6.07) is 0. The summed E-state index contributed by atoms with van der Waals surface area (Å²) >= 11 is 0. The normalized spacial score (nSPS) is 14.5. The summed E-state index contributed by atoms with van der Waals surface area (Å²) < 4.78 is 5.46. The van der Waals surface area contributed by atoms with Gasteiger partial charge in [0.1, 0.15) is 0 Å². The maximum absolute atomic E-state index is 11.9. The molecule has 5 nitrogen and oxygen atoms in total. The van der Waals surface area contributed by atoms with Crippen molar-refractivity contribution in [1.29, 1.82) is 0 Å². The van der Waals surface area contributed by atoms with E-state index in [2.05, 4.69) is 12.2 Å². The van der Waals surface area contributed by atoms with Gasteiger partial charge in [-0.05, 0) is 26.3 Å². The van der Waals surface area contributed by atoms with Gasteiger partial charge in [0, 0.05) is 24.7 Å². The molecule has 1 aliphatic heterocycles. The number of nitrogens with zero attached hydrogens (tertiary/aromatic N) is 1. The van der Waals surface area contributed by atoms with Gasteiger partial charge >= 0.3 is 5.97 Å². The van der Waals surface area contributed by atoms with Crippen LogP contribution in [0.4, 0.5) is 0 Å². The SMILES string of the molecule is Br.CCCCCCCC(=O)OC(C)N1C=CC=C(C(=O)NCC)C1. The molecule has 1 rings (SSSR count). The standard InChI is InChI=1S/C18H30N2O3.BrH/c1-4-6-7-8-9-12-17(21)23-15(3)20-13-10-11-16(14-20)18(22)19-5-2;/h10-11,13,15H,4-9,12,14H2,1-3H3,(H,19,22);1H. The Morgan fingerprint density at radius 1 is 1.25 bits per heavy atom. The van der Waals surface area contributed by atoms with Crippen molar-refractivity contribution in [3.63, 3.8) is 0 Å². The minimum absolute atomic E-state index is 0. The van der Waals surface area contributed by atoms with E-state index in [-0.39, 0.29) is 35.1 Å². The molecule has 1 atom stereocenters. The number of ether oxygens (including phenoxy) is 1. The molecule has 1 N–H and O–H groups in total. The maximum atomic E-state index is 11.9. The lowest BCUT2D eigenvalue weighted by Gasteiger charge is -2.29. The first-order chi connectivity index (χ1) is 11.1. The van der Waals surface area contributed by atoms with Gasteiger partial charge in [-0.15, -0.1) is 17.0 Å². The second kappa shape index (κ2) is 13.0. The van der Waals surface area contributed by atoms with E-state index in [0.717, 1.165) is 12.8 Å². The van der Waals surface area contributed by atoms with Crippen LogP contribution in [0.1, 0.15) is 59.3 Å². The Hall–Kier alpha value is -1.30. The highest BCUT2D eigenvalue weighted by atomic mass is 79.9. The third kappa shape index (κ3) is 8.52. The van der Waals surface area contributed by atoms with E-state index in [0.29, 0.717) is 25.1 Å². The summed E-state index contributed by atoms with van der Waals surface area (Å²) in [6.07, 6.45) is 11.1. The predicted molar refractivity (Wildman–Crippen MR) is 102 cm³/mol. The lowest BCUT2D eigenvalue weighted by Crippen LogP contribution is -2.38. The molecule has 0 aromatic carbocycles. The van der Waals surface area contributed by atoms with E-state index in [4.69, 9.17) is 4.74 Å². The minimum atomic E-state index is -0.368. The average Bonchev–Trinajstić information content (AvgIpc) is 2.55. The Morgan fingerprint density at radius 3 is 2.62 bits per heavy atom. The van der Waals surface area contributed by atoms with Crippen molar-refractivity contribution in [3.05, 3.63) is 23.9 Å². The van der Waals surface area contributed by atoms with Gasteiger partial charge in [-0.3, -0.25) is 9.59 Å². The fourth-order valence-electron chi connectivity index (χ4n) is 2.43. The number of carbonyl (C=O) groups is 2. The van der Waals surface area contributed by atoms with Crippen LogP contribution in [0, 0.1) is 0 Å². The fourth-order valence-corrected chi connectivity index (χ4v) is 2.43. The molecule has 0 aliphatic carbocycles. The van der Waals surface area contributed by atoms with E-state index >= 15 is 0 Å². The van der Waals surface area contributed by atoms with E-state index < -0.39 is 0 Å². The number of unbranched alkanes of at least 4 members (excludes halogenated alkanes) is 4. The summed E-state index contributed by atoms with van der Waals surface area (Å²) in [7, 11) is 0. The van der Waals surface area contributed by atoms with Crippen LogP contribution in [-0.2, 0) is 14.3 Å². The van der Waals surface area contributed by atoms with Gasteiger partial charge in [0.2, 0.25) is 5.91 Å². The van der Waals surface area contributed by atoms with Gasteiger partial charge in [-0.2, -0.15) is 0 Å². The zero-order valence-corrected chi connectivity index (χ0v) is 16.8. The van der Waals surface area contributed by atoms with Crippen molar-refractivity contribution >= 4 is 28.9 Å². The van der Waals surface area contributed by atoms with Crippen molar-refractivity contribution in [2.45, 2.75) is 65.5 Å². The third-order valence-electron chi connectivity index (χ3n) is 3.81. The second-order valence-electron chi connectivity index (χ2n) is 5.82. The van der Waals surface area contributed by atoms with Crippen LogP contribution in [-0.4, -0.2) is 36.1 Å². The topological polar surface area (TPSA) is 58.6 Å². The van der Waals surface area contributed by atoms with Gasteiger partial charge in [-0.1, -0.05) is 38.7 Å². The number of esters is 1. The molecule has 0 aromatic heterocycles. The number of allylic oxidation sites excluding steroid dienone is 2. The molecular formula is C18H31BrN2O3. The second-order valence-corrected chi connectivity index (χ2v) is 5.82. The monoisotopic (exact) mass is 402 g/mol. The van der Waals surface area contributed by atoms with Crippen LogP contribution in [0.15, 0.2) is 23.9 Å². The van der Waals surface area contributed by atoms with Gasteiger partial charge < -0.3 is 15.0 Å². The first-order valence-corrected chi connectivity index (χ1v) is 8.69. The molecule has 24 heavy (non-hydrogen) atoms. The third-order valence-corrected chi connectivity index (χ3v) is 3.81. The highest BCUT2D eigenvalue weighted by Crippen LogP contribution is 2.13. The minimum Gasteiger partial charge on any atom is -0.442 e. The summed E-state index contributed by atoms with van der Waals surface area (Å²) in [5.41, 5.74) is 0.678. The molecule has 0 bridgehead atoms. The molecule has 6 heteroatoms. The summed E-state index contributed by atoms with van der Waals surface area (Å²) in [5, 5.41) is 2.78. The molecule has 1 unspecified atom stereocenters. The maximum Gasteiger partial charge on any atom is 0.307 e. The molecule has 0 spiro atoms. The number of carbonyl (C=O) groups excluding carboxylic acids is 2. The molecule has 138 valence electrons. The van der Waals surface area contributed by atoms with Gasteiger partial charge in [0.25, 0.3) is 0 Å². The smallest absolute Gasteiger partial charge is 0.307 e. The first kappa shape index (κ1) is 22.7.